The van der Waals surface area contributed by atoms with E-state index >= 15 is 0 Å². The summed E-state index contributed by atoms with van der Waals surface area (Å²) >= 11 is 0. The molecule has 0 unspecified atom stereocenters. The van der Waals surface area contributed by atoms with E-state index in [2.05, 4.69) is 0 Å². The van der Waals surface area contributed by atoms with Crippen molar-refractivity contribution in [1.82, 2.24) is 10.2 Å². The highest BCUT2D eigenvalue weighted by atomic mass is 19.4. The third-order valence-electron chi connectivity index (χ3n) is 3.77. The number of amides is 2. The van der Waals surface area contributed by atoms with Gasteiger partial charge in [-0.25, -0.2) is 0 Å². The molecule has 24 heavy (non-hydrogen) atoms. The van der Waals surface area contributed by atoms with Crippen LogP contribution in [0.5, 0.6) is 5.75 Å². The number of rotatable bonds is 5. The fraction of sp³-hybridized carbons (Fsp3) is 0.500. The van der Waals surface area contributed by atoms with Crippen molar-refractivity contribution in [3.8, 4) is 5.75 Å². The van der Waals surface area contributed by atoms with Crippen LogP contribution >= 0.6 is 0 Å². The van der Waals surface area contributed by atoms with E-state index in [1.807, 2.05) is 23.5 Å². The largest absolute Gasteiger partial charge is 0.493 e. The van der Waals surface area contributed by atoms with Crippen LogP contribution in [0, 0.1) is 0 Å². The van der Waals surface area contributed by atoms with Crippen molar-refractivity contribution in [3.63, 3.8) is 0 Å². The third-order valence-corrected chi connectivity index (χ3v) is 3.77. The Balaban J connectivity index is 1.68. The molecule has 0 aliphatic carbocycles. The summed E-state index contributed by atoms with van der Waals surface area (Å²) in [6, 6.07) is 8.55. The van der Waals surface area contributed by atoms with E-state index in [-0.39, 0.29) is 18.9 Å². The zero-order chi connectivity index (χ0) is 17.6. The molecule has 0 atom stereocenters. The molecular weight excluding hydrogens is 325 g/mol. The minimum Gasteiger partial charge on any atom is -0.493 e. The van der Waals surface area contributed by atoms with E-state index in [0.29, 0.717) is 31.7 Å². The first-order chi connectivity index (χ1) is 11.4. The lowest BCUT2D eigenvalue weighted by Gasteiger charge is -2.32. The van der Waals surface area contributed by atoms with Gasteiger partial charge in [-0.15, -0.1) is 0 Å². The first kappa shape index (κ1) is 18.1. The molecule has 0 bridgehead atoms. The zero-order valence-electron chi connectivity index (χ0n) is 13.0. The van der Waals surface area contributed by atoms with Crippen molar-refractivity contribution in [2.45, 2.75) is 31.5 Å². The molecule has 1 fully saturated rings. The Morgan fingerprint density at radius 2 is 1.79 bits per heavy atom. The summed E-state index contributed by atoms with van der Waals surface area (Å²) in [6.07, 6.45) is -4.05. The molecule has 132 valence electrons. The summed E-state index contributed by atoms with van der Waals surface area (Å²) in [5.74, 6) is -1.35. The summed E-state index contributed by atoms with van der Waals surface area (Å²) < 4.78 is 42.0. The SMILES string of the molecule is O=C(CCOc1ccccc1)N1CCC(NC(=O)C(F)(F)F)CC1. The van der Waals surface area contributed by atoms with Crippen molar-refractivity contribution in [1.29, 1.82) is 0 Å². The second-order valence-corrected chi connectivity index (χ2v) is 5.54. The van der Waals surface area contributed by atoms with Gasteiger partial charge < -0.3 is 15.0 Å². The van der Waals surface area contributed by atoms with E-state index in [4.69, 9.17) is 4.74 Å². The summed E-state index contributed by atoms with van der Waals surface area (Å²) in [5, 5.41) is 1.96. The molecule has 0 saturated carbocycles. The van der Waals surface area contributed by atoms with E-state index in [9.17, 15) is 22.8 Å². The molecule has 1 aliphatic heterocycles. The maximum atomic E-state index is 12.2. The normalized spacial score (nSPS) is 15.9. The second kappa shape index (κ2) is 8.03. The lowest BCUT2D eigenvalue weighted by atomic mass is 10.0. The van der Waals surface area contributed by atoms with Gasteiger partial charge in [-0.05, 0) is 25.0 Å². The number of nitrogens with zero attached hydrogens (tertiary/aromatic N) is 1. The number of hydrogen-bond donors (Lipinski definition) is 1. The molecule has 0 spiro atoms. The number of nitrogens with one attached hydrogen (secondary N) is 1. The minimum atomic E-state index is -4.87. The summed E-state index contributed by atoms with van der Waals surface area (Å²) in [7, 11) is 0. The Morgan fingerprint density at radius 1 is 1.17 bits per heavy atom. The average molecular weight is 344 g/mol. The molecule has 0 radical (unpaired) electrons. The molecule has 1 aromatic rings. The van der Waals surface area contributed by atoms with Gasteiger partial charge in [0.15, 0.2) is 0 Å². The van der Waals surface area contributed by atoms with Gasteiger partial charge in [-0.2, -0.15) is 13.2 Å². The first-order valence-corrected chi connectivity index (χ1v) is 7.69. The average Bonchev–Trinajstić information content (AvgIpc) is 2.55. The highest BCUT2D eigenvalue weighted by Crippen LogP contribution is 2.17. The molecule has 8 heteroatoms. The molecule has 5 nitrogen and oxygen atoms in total. The third kappa shape index (κ3) is 5.43. The Bertz CT molecular complexity index is 555. The first-order valence-electron chi connectivity index (χ1n) is 7.69. The number of para-hydroxylation sites is 1. The quantitative estimate of drug-likeness (QED) is 0.890. The molecule has 1 saturated heterocycles. The lowest BCUT2D eigenvalue weighted by Crippen LogP contribution is -2.49. The van der Waals surface area contributed by atoms with Gasteiger partial charge in [0, 0.05) is 19.1 Å². The Morgan fingerprint density at radius 3 is 2.38 bits per heavy atom. The summed E-state index contributed by atoms with van der Waals surface area (Å²) in [6.45, 7) is 0.896. The monoisotopic (exact) mass is 344 g/mol. The molecule has 1 aromatic carbocycles. The number of alkyl halides is 3. The van der Waals surface area contributed by atoms with Crippen LogP contribution < -0.4 is 10.1 Å². The number of halogens is 3. The van der Waals surface area contributed by atoms with Crippen LogP contribution in [0.2, 0.25) is 0 Å². The number of hydrogen-bond acceptors (Lipinski definition) is 3. The Hall–Kier alpha value is -2.25. The molecule has 0 aromatic heterocycles. The molecule has 2 amide bonds. The second-order valence-electron chi connectivity index (χ2n) is 5.54. The van der Waals surface area contributed by atoms with Crippen LogP contribution in [-0.2, 0) is 9.59 Å². The van der Waals surface area contributed by atoms with Crippen LogP contribution in [0.15, 0.2) is 30.3 Å². The lowest BCUT2D eigenvalue weighted by molar-refractivity contribution is -0.174. The zero-order valence-corrected chi connectivity index (χ0v) is 13.0. The highest BCUT2D eigenvalue weighted by Gasteiger charge is 2.40. The molecule has 1 heterocycles. The maximum absolute atomic E-state index is 12.2. The van der Waals surface area contributed by atoms with Crippen molar-refractivity contribution < 1.29 is 27.5 Å². The minimum absolute atomic E-state index is 0.105. The van der Waals surface area contributed by atoms with Gasteiger partial charge in [0.2, 0.25) is 5.91 Å². The van der Waals surface area contributed by atoms with Gasteiger partial charge >= 0.3 is 12.1 Å². The van der Waals surface area contributed by atoms with Crippen LogP contribution in [0.4, 0.5) is 13.2 Å². The van der Waals surface area contributed by atoms with Gasteiger partial charge in [-0.1, -0.05) is 18.2 Å². The standard InChI is InChI=1S/C16H19F3N2O3/c17-16(18,19)15(23)20-12-6-9-21(10-7-12)14(22)8-11-24-13-4-2-1-3-5-13/h1-5,12H,6-11H2,(H,20,23). The predicted octanol–water partition coefficient (Wildman–Crippen LogP) is 2.12. The highest BCUT2D eigenvalue weighted by molar-refractivity contribution is 5.82. The molecule has 2 rings (SSSR count). The Kier molecular flexibility index (Phi) is 6.05. The van der Waals surface area contributed by atoms with Crippen molar-refractivity contribution in [3.05, 3.63) is 30.3 Å². The predicted molar refractivity (Wildman–Crippen MR) is 80.4 cm³/mol. The van der Waals surface area contributed by atoms with Crippen LogP contribution in [0.3, 0.4) is 0 Å². The van der Waals surface area contributed by atoms with Gasteiger partial charge in [0.05, 0.1) is 13.0 Å². The summed E-state index contributed by atoms with van der Waals surface area (Å²) in [4.78, 5) is 24.5. The van der Waals surface area contributed by atoms with Gasteiger partial charge in [-0.3, -0.25) is 9.59 Å². The number of benzene rings is 1. The van der Waals surface area contributed by atoms with Crippen molar-refractivity contribution in [2.75, 3.05) is 19.7 Å². The number of likely N-dealkylation sites (tertiary alicyclic amines) is 1. The fourth-order valence-electron chi connectivity index (χ4n) is 2.47. The molecule has 1 aliphatic rings. The maximum Gasteiger partial charge on any atom is 0.471 e. The van der Waals surface area contributed by atoms with Crippen molar-refractivity contribution in [2.24, 2.45) is 0 Å². The van der Waals surface area contributed by atoms with Crippen LogP contribution in [0.1, 0.15) is 19.3 Å². The molecular formula is C16H19F3N2O3. The number of carbonyl (C=O) groups is 2. The van der Waals surface area contributed by atoms with Crippen LogP contribution in [0.25, 0.3) is 0 Å². The number of carbonyl (C=O) groups excluding carboxylic acids is 2. The van der Waals surface area contributed by atoms with E-state index in [0.717, 1.165) is 0 Å². The van der Waals surface area contributed by atoms with Crippen LogP contribution in [-0.4, -0.2) is 48.6 Å². The number of ether oxygens (including phenoxy) is 1. The Labute approximate surface area is 137 Å². The topological polar surface area (TPSA) is 58.6 Å². The van der Waals surface area contributed by atoms with E-state index in [1.54, 1.807) is 17.0 Å². The number of piperidine rings is 1. The van der Waals surface area contributed by atoms with Gasteiger partial charge in [0.1, 0.15) is 5.75 Å². The van der Waals surface area contributed by atoms with Crippen molar-refractivity contribution >= 4 is 11.8 Å². The fourth-order valence-corrected chi connectivity index (χ4v) is 2.47. The summed E-state index contributed by atoms with van der Waals surface area (Å²) in [5.41, 5.74) is 0. The van der Waals surface area contributed by atoms with Gasteiger partial charge in [0.25, 0.3) is 0 Å². The van der Waals surface area contributed by atoms with E-state index in [1.165, 1.54) is 0 Å². The smallest absolute Gasteiger partial charge is 0.471 e. The molecule has 1 N–H and O–H groups in total. The van der Waals surface area contributed by atoms with E-state index < -0.39 is 18.1 Å².